The fourth-order valence-corrected chi connectivity index (χ4v) is 2.29. The van der Waals surface area contributed by atoms with Crippen molar-refractivity contribution >= 4 is 5.78 Å². The third kappa shape index (κ3) is 3.78. The number of rotatable bonds is 5. The van der Waals surface area contributed by atoms with E-state index in [1.807, 2.05) is 31.2 Å². The van der Waals surface area contributed by atoms with E-state index in [1.165, 1.54) is 0 Å². The summed E-state index contributed by atoms with van der Waals surface area (Å²) in [5.74, 6) is 0.970. The molecular weight excluding hydrogens is 242 g/mol. The van der Waals surface area contributed by atoms with Gasteiger partial charge in [-0.05, 0) is 24.3 Å². The molecule has 104 valence electrons. The van der Waals surface area contributed by atoms with Crippen LogP contribution in [0.2, 0.25) is 0 Å². The molecule has 1 atom stereocenters. The maximum atomic E-state index is 12.3. The Balaban J connectivity index is 1.93. The zero-order valence-corrected chi connectivity index (χ0v) is 11.6. The van der Waals surface area contributed by atoms with E-state index in [1.54, 1.807) is 7.11 Å². The third-order valence-corrected chi connectivity index (χ3v) is 3.46. The highest BCUT2D eigenvalue weighted by Gasteiger charge is 2.20. The standard InChI is InChI=1S/C15H21NO3/c1-12(11-16-7-9-19-10-8-16)15(17)13-3-5-14(18-2)6-4-13/h3-6,12H,7-11H2,1-2H3. The number of morpholine rings is 1. The van der Waals surface area contributed by atoms with E-state index < -0.39 is 0 Å². The van der Waals surface area contributed by atoms with Crippen LogP contribution >= 0.6 is 0 Å². The molecule has 0 N–H and O–H groups in total. The fraction of sp³-hybridized carbons (Fsp3) is 0.533. The zero-order valence-electron chi connectivity index (χ0n) is 11.6. The molecule has 0 spiro atoms. The molecule has 4 heteroatoms. The van der Waals surface area contributed by atoms with E-state index in [2.05, 4.69) is 4.90 Å². The first-order valence-electron chi connectivity index (χ1n) is 6.69. The minimum atomic E-state index is 0.00601. The lowest BCUT2D eigenvalue weighted by atomic mass is 9.98. The molecule has 19 heavy (non-hydrogen) atoms. The first-order valence-corrected chi connectivity index (χ1v) is 6.69. The number of hydrogen-bond acceptors (Lipinski definition) is 4. The second-order valence-corrected chi connectivity index (χ2v) is 4.91. The Kier molecular flexibility index (Phi) is 4.93. The molecule has 1 aromatic rings. The number of benzene rings is 1. The van der Waals surface area contributed by atoms with Gasteiger partial charge in [-0.2, -0.15) is 0 Å². The van der Waals surface area contributed by atoms with Gasteiger partial charge in [-0.15, -0.1) is 0 Å². The molecule has 1 fully saturated rings. The summed E-state index contributed by atoms with van der Waals surface area (Å²) in [5.41, 5.74) is 0.751. The number of nitrogens with zero attached hydrogens (tertiary/aromatic N) is 1. The molecule has 1 saturated heterocycles. The Hall–Kier alpha value is -1.39. The summed E-state index contributed by atoms with van der Waals surface area (Å²) in [5, 5.41) is 0. The number of Topliss-reactive ketones (excluding diaryl/α,β-unsaturated/α-hetero) is 1. The van der Waals surface area contributed by atoms with Crippen LogP contribution in [0.1, 0.15) is 17.3 Å². The predicted molar refractivity (Wildman–Crippen MR) is 73.7 cm³/mol. The molecule has 0 aromatic heterocycles. The molecule has 0 bridgehead atoms. The summed E-state index contributed by atoms with van der Waals surface area (Å²) in [6.45, 7) is 6.16. The van der Waals surface area contributed by atoms with Gasteiger partial charge in [-0.25, -0.2) is 0 Å². The molecular formula is C15H21NO3. The van der Waals surface area contributed by atoms with Crippen molar-refractivity contribution in [1.82, 2.24) is 4.90 Å². The topological polar surface area (TPSA) is 38.8 Å². The van der Waals surface area contributed by atoms with Gasteiger partial charge in [0.25, 0.3) is 0 Å². The first-order chi connectivity index (χ1) is 9.20. The van der Waals surface area contributed by atoms with E-state index in [4.69, 9.17) is 9.47 Å². The van der Waals surface area contributed by atoms with E-state index in [-0.39, 0.29) is 11.7 Å². The first kappa shape index (κ1) is 14.0. The Morgan fingerprint density at radius 2 is 1.95 bits per heavy atom. The van der Waals surface area contributed by atoms with Gasteiger partial charge in [0, 0.05) is 31.1 Å². The normalized spacial score (nSPS) is 18.0. The van der Waals surface area contributed by atoms with Gasteiger partial charge in [0.1, 0.15) is 5.75 Å². The zero-order chi connectivity index (χ0) is 13.7. The van der Waals surface area contributed by atoms with Crippen LogP contribution in [0, 0.1) is 5.92 Å². The van der Waals surface area contributed by atoms with Crippen LogP contribution in [0.5, 0.6) is 5.75 Å². The van der Waals surface area contributed by atoms with Gasteiger partial charge in [0.05, 0.1) is 20.3 Å². The van der Waals surface area contributed by atoms with Gasteiger partial charge in [-0.1, -0.05) is 6.92 Å². The van der Waals surface area contributed by atoms with Crippen molar-refractivity contribution in [3.05, 3.63) is 29.8 Å². The summed E-state index contributed by atoms with van der Waals surface area (Å²) in [6.07, 6.45) is 0. The van der Waals surface area contributed by atoms with Gasteiger partial charge in [0.15, 0.2) is 5.78 Å². The number of carbonyl (C=O) groups excluding carboxylic acids is 1. The van der Waals surface area contributed by atoms with Crippen LogP contribution in [-0.4, -0.2) is 50.6 Å². The van der Waals surface area contributed by atoms with Crippen LogP contribution in [0.4, 0.5) is 0 Å². The van der Waals surface area contributed by atoms with Crippen molar-refractivity contribution in [2.75, 3.05) is 40.0 Å². The molecule has 1 aliphatic heterocycles. The third-order valence-electron chi connectivity index (χ3n) is 3.46. The summed E-state index contributed by atoms with van der Waals surface area (Å²) in [4.78, 5) is 14.6. The average Bonchev–Trinajstić information content (AvgIpc) is 2.47. The molecule has 0 aliphatic carbocycles. The SMILES string of the molecule is COc1ccc(C(=O)C(C)CN2CCOCC2)cc1. The smallest absolute Gasteiger partial charge is 0.166 e. The number of hydrogen-bond donors (Lipinski definition) is 0. The number of ether oxygens (including phenoxy) is 2. The molecule has 4 nitrogen and oxygen atoms in total. The second-order valence-electron chi connectivity index (χ2n) is 4.91. The van der Waals surface area contributed by atoms with Crippen molar-refractivity contribution in [2.24, 2.45) is 5.92 Å². The Morgan fingerprint density at radius 1 is 1.32 bits per heavy atom. The van der Waals surface area contributed by atoms with Gasteiger partial charge in [0.2, 0.25) is 0 Å². The molecule has 1 heterocycles. The number of ketones is 1. The highest BCUT2D eigenvalue weighted by atomic mass is 16.5. The Morgan fingerprint density at radius 3 is 2.53 bits per heavy atom. The van der Waals surface area contributed by atoms with Crippen LogP contribution in [-0.2, 0) is 4.74 Å². The van der Waals surface area contributed by atoms with Crippen molar-refractivity contribution < 1.29 is 14.3 Å². The summed E-state index contributed by atoms with van der Waals surface area (Å²) >= 11 is 0. The lowest BCUT2D eigenvalue weighted by Crippen LogP contribution is -2.40. The fourth-order valence-electron chi connectivity index (χ4n) is 2.29. The summed E-state index contributed by atoms with van der Waals surface area (Å²) in [6, 6.07) is 7.32. The van der Waals surface area contributed by atoms with Crippen molar-refractivity contribution in [2.45, 2.75) is 6.92 Å². The molecule has 1 unspecified atom stereocenters. The minimum absolute atomic E-state index is 0.00601. The Labute approximate surface area is 114 Å². The molecule has 1 aliphatic rings. The van der Waals surface area contributed by atoms with Crippen molar-refractivity contribution in [1.29, 1.82) is 0 Å². The Bertz CT molecular complexity index is 410. The summed E-state index contributed by atoms with van der Waals surface area (Å²) in [7, 11) is 1.62. The maximum absolute atomic E-state index is 12.3. The predicted octanol–water partition coefficient (Wildman–Crippen LogP) is 1.85. The van der Waals surface area contributed by atoms with Crippen LogP contribution in [0.25, 0.3) is 0 Å². The van der Waals surface area contributed by atoms with Crippen LogP contribution in [0.15, 0.2) is 24.3 Å². The lowest BCUT2D eigenvalue weighted by molar-refractivity contribution is 0.0313. The molecule has 1 aromatic carbocycles. The molecule has 0 saturated carbocycles. The molecule has 0 radical (unpaired) electrons. The number of carbonyl (C=O) groups is 1. The van der Waals surface area contributed by atoms with E-state index in [9.17, 15) is 4.79 Å². The highest BCUT2D eigenvalue weighted by molar-refractivity contribution is 5.97. The van der Waals surface area contributed by atoms with Crippen molar-refractivity contribution in [3.8, 4) is 5.75 Å². The highest BCUT2D eigenvalue weighted by Crippen LogP contribution is 2.15. The quantitative estimate of drug-likeness (QED) is 0.760. The van der Waals surface area contributed by atoms with Gasteiger partial charge >= 0.3 is 0 Å². The largest absolute Gasteiger partial charge is 0.497 e. The summed E-state index contributed by atoms with van der Waals surface area (Å²) < 4.78 is 10.4. The van der Waals surface area contributed by atoms with Crippen LogP contribution < -0.4 is 4.74 Å². The monoisotopic (exact) mass is 263 g/mol. The molecule has 0 amide bonds. The minimum Gasteiger partial charge on any atom is -0.497 e. The average molecular weight is 263 g/mol. The van der Waals surface area contributed by atoms with E-state index >= 15 is 0 Å². The van der Waals surface area contributed by atoms with Gasteiger partial charge in [-0.3, -0.25) is 9.69 Å². The van der Waals surface area contributed by atoms with Gasteiger partial charge < -0.3 is 9.47 Å². The maximum Gasteiger partial charge on any atom is 0.166 e. The van der Waals surface area contributed by atoms with Crippen LogP contribution in [0.3, 0.4) is 0 Å². The second kappa shape index (κ2) is 6.68. The molecule has 2 rings (SSSR count). The lowest BCUT2D eigenvalue weighted by Gasteiger charge is -2.28. The van der Waals surface area contributed by atoms with E-state index in [0.29, 0.717) is 0 Å². The van der Waals surface area contributed by atoms with Crippen molar-refractivity contribution in [3.63, 3.8) is 0 Å². The number of methoxy groups -OCH3 is 1. The van der Waals surface area contributed by atoms with E-state index in [0.717, 1.165) is 44.2 Å².